The fourth-order valence-electron chi connectivity index (χ4n) is 4.51. The zero-order valence-corrected chi connectivity index (χ0v) is 18.3. The lowest BCUT2D eigenvalue weighted by atomic mass is 10.1. The molecule has 0 amide bonds. The van der Waals surface area contributed by atoms with Gasteiger partial charge in [0, 0.05) is 45.0 Å². The van der Waals surface area contributed by atoms with Crippen molar-refractivity contribution in [3.8, 4) is 0 Å². The third kappa shape index (κ3) is 4.70. The predicted octanol–water partition coefficient (Wildman–Crippen LogP) is 4.44. The van der Waals surface area contributed by atoms with Gasteiger partial charge < -0.3 is 4.90 Å². The number of hydrogen-bond donors (Lipinski definition) is 0. The van der Waals surface area contributed by atoms with Crippen LogP contribution in [0.3, 0.4) is 0 Å². The molecular weight excluding hydrogens is 417 g/mol. The van der Waals surface area contributed by atoms with E-state index < -0.39 is 11.7 Å². The molecule has 172 valence electrons. The van der Waals surface area contributed by atoms with Gasteiger partial charge in [0.1, 0.15) is 0 Å². The molecular formula is C24H29F3N4O. The molecule has 0 radical (unpaired) electrons. The molecule has 1 fully saturated rings. The van der Waals surface area contributed by atoms with Crippen LogP contribution >= 0.6 is 0 Å². The quantitative estimate of drug-likeness (QED) is 0.503. The lowest BCUT2D eigenvalue weighted by Gasteiger charge is -2.36. The molecule has 2 heterocycles. The van der Waals surface area contributed by atoms with Crippen LogP contribution in [0.15, 0.2) is 53.3 Å². The highest BCUT2D eigenvalue weighted by molar-refractivity contribution is 5.75. The van der Waals surface area contributed by atoms with Gasteiger partial charge in [0.2, 0.25) is 0 Å². The molecule has 3 aromatic rings. The summed E-state index contributed by atoms with van der Waals surface area (Å²) in [6, 6.07) is 13.5. The number of rotatable bonds is 7. The number of aryl methyl sites for hydroxylation is 2. The van der Waals surface area contributed by atoms with Crippen molar-refractivity contribution in [2.24, 2.45) is 0 Å². The first-order valence-corrected chi connectivity index (χ1v) is 11.2. The highest BCUT2D eigenvalue weighted by Gasteiger charge is 2.31. The second-order valence-corrected chi connectivity index (χ2v) is 8.25. The second-order valence-electron chi connectivity index (χ2n) is 8.25. The predicted molar refractivity (Wildman–Crippen MR) is 121 cm³/mol. The Morgan fingerprint density at radius 1 is 0.844 bits per heavy atom. The topological polar surface area (TPSA) is 33.4 Å². The van der Waals surface area contributed by atoms with Crippen molar-refractivity contribution in [3.05, 3.63) is 64.6 Å². The zero-order chi connectivity index (χ0) is 22.7. The zero-order valence-electron chi connectivity index (χ0n) is 18.3. The van der Waals surface area contributed by atoms with E-state index in [9.17, 15) is 18.0 Å². The summed E-state index contributed by atoms with van der Waals surface area (Å²) in [5.41, 5.74) is 2.03. The third-order valence-corrected chi connectivity index (χ3v) is 6.26. The number of aromatic nitrogens is 2. The summed E-state index contributed by atoms with van der Waals surface area (Å²) in [4.78, 5) is 17.1. The van der Waals surface area contributed by atoms with Crippen LogP contribution in [0.2, 0.25) is 0 Å². The molecule has 0 saturated carbocycles. The van der Waals surface area contributed by atoms with Crippen LogP contribution in [0.5, 0.6) is 0 Å². The third-order valence-electron chi connectivity index (χ3n) is 6.26. The Morgan fingerprint density at radius 3 is 2.16 bits per heavy atom. The lowest BCUT2D eigenvalue weighted by Crippen LogP contribution is -2.46. The Hall–Kier alpha value is -2.74. The maximum Gasteiger partial charge on any atom is 0.416 e. The van der Waals surface area contributed by atoms with Gasteiger partial charge in [0.05, 0.1) is 16.6 Å². The summed E-state index contributed by atoms with van der Waals surface area (Å²) in [5.74, 6) is 0. The molecule has 0 N–H and O–H groups in total. The van der Waals surface area contributed by atoms with Crippen molar-refractivity contribution in [2.45, 2.75) is 39.0 Å². The molecule has 0 unspecified atom stereocenters. The number of halogens is 3. The number of benzene rings is 2. The largest absolute Gasteiger partial charge is 0.416 e. The number of fused-ring (bicyclic) bond motifs is 1. The van der Waals surface area contributed by atoms with Crippen LogP contribution in [0.1, 0.15) is 25.3 Å². The Balaban J connectivity index is 1.27. The van der Waals surface area contributed by atoms with E-state index in [1.165, 1.54) is 12.1 Å². The summed E-state index contributed by atoms with van der Waals surface area (Å²) in [6.45, 7) is 7.33. The van der Waals surface area contributed by atoms with Gasteiger partial charge in [-0.15, -0.1) is 0 Å². The molecule has 0 bridgehead atoms. The monoisotopic (exact) mass is 446 g/mol. The SMILES string of the molecule is CCn1c(=O)n(CCCCN2CCN(c3cccc(C(F)(F)F)c3)CC2)c2ccccc21. The van der Waals surface area contributed by atoms with E-state index in [0.29, 0.717) is 31.9 Å². The van der Waals surface area contributed by atoms with Crippen molar-refractivity contribution in [2.75, 3.05) is 37.6 Å². The molecule has 1 aromatic heterocycles. The van der Waals surface area contributed by atoms with Crippen molar-refractivity contribution in [1.29, 1.82) is 0 Å². The minimum atomic E-state index is -4.32. The average molecular weight is 447 g/mol. The van der Waals surface area contributed by atoms with Crippen molar-refractivity contribution in [1.82, 2.24) is 14.0 Å². The summed E-state index contributed by atoms with van der Waals surface area (Å²) in [6.07, 6.45) is -2.43. The van der Waals surface area contributed by atoms with Crippen molar-refractivity contribution in [3.63, 3.8) is 0 Å². The number of alkyl halides is 3. The Morgan fingerprint density at radius 2 is 1.50 bits per heavy atom. The fraction of sp³-hybridized carbons (Fsp3) is 0.458. The Labute approximate surface area is 185 Å². The standard InChI is InChI=1S/C24H29F3N4O/c1-2-30-21-10-3-4-11-22(21)31(23(30)32)13-6-5-12-28-14-16-29(17-15-28)20-9-7-8-19(18-20)24(25,26)27/h3-4,7-11,18H,2,5-6,12-17H2,1H3. The van der Waals surface area contributed by atoms with E-state index in [4.69, 9.17) is 0 Å². The van der Waals surface area contributed by atoms with Crippen LogP contribution in [0, 0.1) is 0 Å². The molecule has 0 atom stereocenters. The summed E-state index contributed by atoms with van der Waals surface area (Å²) in [7, 11) is 0. The Bertz CT molecular complexity index is 1110. The Kier molecular flexibility index (Phi) is 6.60. The highest BCUT2D eigenvalue weighted by atomic mass is 19.4. The summed E-state index contributed by atoms with van der Waals surface area (Å²) in [5, 5.41) is 0. The first kappa shape index (κ1) is 22.5. The van der Waals surface area contributed by atoms with Gasteiger partial charge >= 0.3 is 11.9 Å². The molecule has 32 heavy (non-hydrogen) atoms. The van der Waals surface area contributed by atoms with Gasteiger partial charge in [0.15, 0.2) is 0 Å². The summed E-state index contributed by atoms with van der Waals surface area (Å²) < 4.78 is 42.6. The van der Waals surface area contributed by atoms with Gasteiger partial charge in [0.25, 0.3) is 0 Å². The maximum atomic E-state index is 13.0. The molecule has 4 rings (SSSR count). The van der Waals surface area contributed by atoms with Gasteiger partial charge in [-0.05, 0) is 56.6 Å². The average Bonchev–Trinajstić information content (AvgIpc) is 3.07. The number of piperazine rings is 1. The fourth-order valence-corrected chi connectivity index (χ4v) is 4.51. The van der Waals surface area contributed by atoms with E-state index >= 15 is 0 Å². The van der Waals surface area contributed by atoms with E-state index in [1.54, 1.807) is 6.07 Å². The normalized spacial score (nSPS) is 15.6. The molecule has 1 aliphatic rings. The van der Waals surface area contributed by atoms with Gasteiger partial charge in [-0.3, -0.25) is 14.0 Å². The van der Waals surface area contributed by atoms with Crippen LogP contribution in [0.4, 0.5) is 18.9 Å². The molecule has 0 spiro atoms. The van der Waals surface area contributed by atoms with E-state index in [-0.39, 0.29) is 5.69 Å². The number of anilines is 1. The number of para-hydroxylation sites is 2. The van der Waals surface area contributed by atoms with Gasteiger partial charge in [-0.1, -0.05) is 18.2 Å². The van der Waals surface area contributed by atoms with Crippen LogP contribution in [-0.4, -0.2) is 46.8 Å². The van der Waals surface area contributed by atoms with E-state index in [1.807, 2.05) is 45.2 Å². The number of imidazole rings is 1. The second kappa shape index (κ2) is 9.40. The lowest BCUT2D eigenvalue weighted by molar-refractivity contribution is -0.137. The number of nitrogens with zero attached hydrogens (tertiary/aromatic N) is 4. The smallest absolute Gasteiger partial charge is 0.369 e. The first-order chi connectivity index (χ1) is 15.4. The molecule has 2 aromatic carbocycles. The first-order valence-electron chi connectivity index (χ1n) is 11.2. The van der Waals surface area contributed by atoms with E-state index in [2.05, 4.69) is 4.90 Å². The van der Waals surface area contributed by atoms with Crippen molar-refractivity contribution < 1.29 is 13.2 Å². The number of unbranched alkanes of at least 4 members (excludes halogenated alkanes) is 1. The number of hydrogen-bond acceptors (Lipinski definition) is 3. The maximum absolute atomic E-state index is 13.0. The molecule has 0 aliphatic carbocycles. The van der Waals surface area contributed by atoms with Crippen molar-refractivity contribution >= 4 is 16.7 Å². The minimum Gasteiger partial charge on any atom is -0.369 e. The molecule has 1 aliphatic heterocycles. The van der Waals surface area contributed by atoms with Crippen LogP contribution < -0.4 is 10.6 Å². The minimum absolute atomic E-state index is 0.0448. The molecule has 1 saturated heterocycles. The molecule has 5 nitrogen and oxygen atoms in total. The van der Waals surface area contributed by atoms with Gasteiger partial charge in [-0.2, -0.15) is 13.2 Å². The van der Waals surface area contributed by atoms with Gasteiger partial charge in [-0.25, -0.2) is 4.79 Å². The summed E-state index contributed by atoms with van der Waals surface area (Å²) >= 11 is 0. The van der Waals surface area contributed by atoms with Crippen LogP contribution in [-0.2, 0) is 19.3 Å². The van der Waals surface area contributed by atoms with E-state index in [0.717, 1.165) is 49.6 Å². The van der Waals surface area contributed by atoms with Crippen LogP contribution in [0.25, 0.3) is 11.0 Å². The highest BCUT2D eigenvalue weighted by Crippen LogP contribution is 2.31. The molecule has 8 heteroatoms.